The Balaban J connectivity index is 2.61. The second kappa shape index (κ2) is 2.84. The van der Waals surface area contributed by atoms with Crippen LogP contribution in [0.2, 0.25) is 0 Å². The maximum absolute atomic E-state index is 10.2. The Morgan fingerprint density at radius 1 is 1.70 bits per heavy atom. The lowest BCUT2D eigenvalue weighted by molar-refractivity contribution is -0.114. The molecule has 0 bridgehead atoms. The minimum Gasteiger partial charge on any atom is -0.513 e. The van der Waals surface area contributed by atoms with Gasteiger partial charge in [-0.05, 0) is 12.5 Å². The Morgan fingerprint density at radius 2 is 2.40 bits per heavy atom. The van der Waals surface area contributed by atoms with Gasteiger partial charge in [-0.3, -0.25) is 0 Å². The van der Waals surface area contributed by atoms with E-state index in [-0.39, 0.29) is 12.2 Å². The predicted molar refractivity (Wildman–Crippen MR) is 35.5 cm³/mol. The number of aliphatic hydroxyl groups excluding tert-OH is 2. The quantitative estimate of drug-likeness (QED) is 0.521. The predicted octanol–water partition coefficient (Wildman–Crippen LogP) is 0.398. The first kappa shape index (κ1) is 7.28. The largest absolute Gasteiger partial charge is 0.513 e. The summed E-state index contributed by atoms with van der Waals surface area (Å²) in [5.41, 5.74) is 0. The normalized spacial score (nSPS) is 33.1. The van der Waals surface area contributed by atoms with Gasteiger partial charge in [0.25, 0.3) is 0 Å². The number of rotatable bonds is 1. The first-order valence-corrected chi connectivity index (χ1v) is 3.25. The van der Waals surface area contributed by atoms with Gasteiger partial charge in [-0.15, -0.1) is 0 Å². The van der Waals surface area contributed by atoms with Crippen LogP contribution in [0.15, 0.2) is 11.8 Å². The van der Waals surface area contributed by atoms with Gasteiger partial charge in [-0.1, -0.05) is 0 Å². The molecule has 2 unspecified atom stereocenters. The molecule has 56 valence electrons. The first-order valence-electron chi connectivity index (χ1n) is 3.25. The average molecular weight is 142 g/mol. The second-order valence-corrected chi connectivity index (χ2v) is 2.50. The monoisotopic (exact) mass is 142 g/mol. The highest BCUT2D eigenvalue weighted by atomic mass is 16.3. The van der Waals surface area contributed by atoms with E-state index in [4.69, 9.17) is 10.2 Å². The number of hydrogen-bond donors (Lipinski definition) is 2. The Labute approximate surface area is 59.0 Å². The van der Waals surface area contributed by atoms with Crippen LogP contribution in [0, 0.1) is 5.92 Å². The van der Waals surface area contributed by atoms with Crippen LogP contribution in [0.3, 0.4) is 0 Å². The number of aldehydes is 1. The number of allylic oxidation sites excluding steroid dienone is 1. The van der Waals surface area contributed by atoms with Crippen molar-refractivity contribution in [3.05, 3.63) is 11.8 Å². The standard InChI is InChI=1S/C7H10O3/c8-4-5-3-6(9)1-2-7(5)10/h1,4-5,7,9-10H,2-3H2. The topological polar surface area (TPSA) is 57.5 Å². The summed E-state index contributed by atoms with van der Waals surface area (Å²) in [5, 5.41) is 18.0. The highest BCUT2D eigenvalue weighted by Crippen LogP contribution is 2.20. The van der Waals surface area contributed by atoms with Gasteiger partial charge in [-0.2, -0.15) is 0 Å². The summed E-state index contributed by atoms with van der Waals surface area (Å²) in [6, 6.07) is 0. The Hall–Kier alpha value is -0.830. The van der Waals surface area contributed by atoms with Crippen LogP contribution in [0.1, 0.15) is 12.8 Å². The molecular weight excluding hydrogens is 132 g/mol. The van der Waals surface area contributed by atoms with Gasteiger partial charge < -0.3 is 15.0 Å². The zero-order chi connectivity index (χ0) is 7.56. The van der Waals surface area contributed by atoms with E-state index in [1.165, 1.54) is 0 Å². The third-order valence-electron chi connectivity index (χ3n) is 1.71. The highest BCUT2D eigenvalue weighted by Gasteiger charge is 2.22. The lowest BCUT2D eigenvalue weighted by Crippen LogP contribution is -2.24. The molecule has 0 heterocycles. The van der Waals surface area contributed by atoms with Crippen LogP contribution in [-0.4, -0.2) is 22.6 Å². The molecule has 0 aromatic carbocycles. The molecule has 0 radical (unpaired) electrons. The molecule has 0 amide bonds. The summed E-state index contributed by atoms with van der Waals surface area (Å²) in [6.07, 6.45) is 2.30. The lowest BCUT2D eigenvalue weighted by atomic mass is 9.92. The molecule has 2 N–H and O–H groups in total. The van der Waals surface area contributed by atoms with Gasteiger partial charge in [0.05, 0.1) is 11.9 Å². The van der Waals surface area contributed by atoms with Gasteiger partial charge in [-0.25, -0.2) is 0 Å². The van der Waals surface area contributed by atoms with Crippen LogP contribution < -0.4 is 0 Å². The third kappa shape index (κ3) is 1.36. The van der Waals surface area contributed by atoms with E-state index in [0.717, 1.165) is 0 Å². The summed E-state index contributed by atoms with van der Waals surface area (Å²) in [6.45, 7) is 0. The molecule has 1 aliphatic rings. The molecule has 0 saturated carbocycles. The van der Waals surface area contributed by atoms with Crippen molar-refractivity contribution < 1.29 is 15.0 Å². The maximum Gasteiger partial charge on any atom is 0.126 e. The second-order valence-electron chi connectivity index (χ2n) is 2.50. The van der Waals surface area contributed by atoms with E-state index in [9.17, 15) is 4.79 Å². The van der Waals surface area contributed by atoms with E-state index in [1.807, 2.05) is 0 Å². The highest BCUT2D eigenvalue weighted by molar-refractivity contribution is 5.55. The molecule has 1 aliphatic carbocycles. The van der Waals surface area contributed by atoms with E-state index < -0.39 is 12.0 Å². The summed E-state index contributed by atoms with van der Waals surface area (Å²) >= 11 is 0. The number of aliphatic hydroxyl groups is 2. The van der Waals surface area contributed by atoms with Gasteiger partial charge in [0.2, 0.25) is 0 Å². The molecule has 0 saturated heterocycles. The van der Waals surface area contributed by atoms with Crippen molar-refractivity contribution in [2.45, 2.75) is 18.9 Å². The number of hydrogen-bond acceptors (Lipinski definition) is 3. The van der Waals surface area contributed by atoms with Crippen molar-refractivity contribution in [3.63, 3.8) is 0 Å². The van der Waals surface area contributed by atoms with Crippen molar-refractivity contribution in [1.29, 1.82) is 0 Å². The van der Waals surface area contributed by atoms with Crippen LogP contribution in [0.5, 0.6) is 0 Å². The lowest BCUT2D eigenvalue weighted by Gasteiger charge is -2.20. The maximum atomic E-state index is 10.2. The van der Waals surface area contributed by atoms with Gasteiger partial charge in [0, 0.05) is 12.3 Å². The van der Waals surface area contributed by atoms with E-state index in [1.54, 1.807) is 6.08 Å². The molecule has 0 aromatic rings. The Morgan fingerprint density at radius 3 is 2.90 bits per heavy atom. The SMILES string of the molecule is O=CC1CC(O)=CCC1O. The van der Waals surface area contributed by atoms with Crippen LogP contribution in [0.4, 0.5) is 0 Å². The zero-order valence-corrected chi connectivity index (χ0v) is 5.53. The summed E-state index contributed by atoms with van der Waals surface area (Å²) in [5.74, 6) is -0.201. The van der Waals surface area contributed by atoms with Crippen LogP contribution in [0.25, 0.3) is 0 Å². The summed E-state index contributed by atoms with van der Waals surface area (Å²) < 4.78 is 0. The summed E-state index contributed by atoms with van der Waals surface area (Å²) in [7, 11) is 0. The molecule has 2 atom stereocenters. The molecule has 10 heavy (non-hydrogen) atoms. The molecule has 0 aliphatic heterocycles. The fraction of sp³-hybridized carbons (Fsp3) is 0.571. The molecule has 3 nitrogen and oxygen atoms in total. The zero-order valence-electron chi connectivity index (χ0n) is 5.53. The van der Waals surface area contributed by atoms with Gasteiger partial charge in [0.1, 0.15) is 6.29 Å². The van der Waals surface area contributed by atoms with Crippen molar-refractivity contribution in [1.82, 2.24) is 0 Å². The van der Waals surface area contributed by atoms with E-state index >= 15 is 0 Å². The molecule has 1 rings (SSSR count). The van der Waals surface area contributed by atoms with Crippen molar-refractivity contribution >= 4 is 6.29 Å². The van der Waals surface area contributed by atoms with Crippen molar-refractivity contribution in [2.75, 3.05) is 0 Å². The fourth-order valence-corrected chi connectivity index (χ4v) is 1.03. The number of carbonyl (C=O) groups excluding carboxylic acids is 1. The molecule has 0 fully saturated rings. The molecule has 3 heteroatoms. The minimum atomic E-state index is -0.603. The number of carbonyl (C=O) groups is 1. The first-order chi connectivity index (χ1) is 4.74. The van der Waals surface area contributed by atoms with Crippen molar-refractivity contribution in [3.8, 4) is 0 Å². The molecular formula is C7H10O3. The van der Waals surface area contributed by atoms with Crippen molar-refractivity contribution in [2.24, 2.45) is 5.92 Å². The fourth-order valence-electron chi connectivity index (χ4n) is 1.03. The summed E-state index contributed by atoms with van der Waals surface area (Å²) in [4.78, 5) is 10.2. The van der Waals surface area contributed by atoms with Crippen LogP contribution in [-0.2, 0) is 4.79 Å². The Kier molecular flexibility index (Phi) is 2.06. The van der Waals surface area contributed by atoms with Gasteiger partial charge >= 0.3 is 0 Å². The Bertz CT molecular complexity index is 162. The smallest absolute Gasteiger partial charge is 0.126 e. The molecule has 0 spiro atoms. The van der Waals surface area contributed by atoms with E-state index in [2.05, 4.69) is 0 Å². The molecule has 0 aromatic heterocycles. The average Bonchev–Trinajstić information content (AvgIpc) is 1.94. The van der Waals surface area contributed by atoms with E-state index in [0.29, 0.717) is 12.7 Å². The van der Waals surface area contributed by atoms with Gasteiger partial charge in [0.15, 0.2) is 0 Å². The third-order valence-corrected chi connectivity index (χ3v) is 1.71. The van der Waals surface area contributed by atoms with Crippen LogP contribution >= 0.6 is 0 Å². The minimum absolute atomic E-state index is 0.211.